The van der Waals surface area contributed by atoms with Crippen LogP contribution in [0.4, 0.5) is 0 Å². The smallest absolute Gasteiger partial charge is 0.0639 e. The van der Waals surface area contributed by atoms with Crippen LogP contribution in [-0.2, 0) is 6.54 Å². The van der Waals surface area contributed by atoms with Crippen molar-refractivity contribution in [2.24, 2.45) is 0 Å². The van der Waals surface area contributed by atoms with Gasteiger partial charge in [-0.3, -0.25) is 4.90 Å². The Hall–Kier alpha value is -0.610. The number of hydrogen-bond donors (Lipinski definition) is 2. The molecule has 2 N–H and O–H groups in total. The fourth-order valence-electron chi connectivity index (χ4n) is 1.82. The van der Waals surface area contributed by atoms with E-state index < -0.39 is 12.2 Å². The minimum atomic E-state index is -0.420. The van der Waals surface area contributed by atoms with Gasteiger partial charge >= 0.3 is 0 Å². The largest absolute Gasteiger partial charge is 0.392 e. The van der Waals surface area contributed by atoms with Gasteiger partial charge in [-0.15, -0.1) is 0 Å². The second kappa shape index (κ2) is 6.97. The second-order valence-corrected chi connectivity index (χ2v) is 4.89. The Kier molecular flexibility index (Phi) is 5.92. The van der Waals surface area contributed by atoms with Gasteiger partial charge in [0.15, 0.2) is 0 Å². The first-order valence-corrected chi connectivity index (χ1v) is 6.18. The predicted octanol–water partition coefficient (Wildman–Crippen LogP) is 1.90. The average Bonchev–Trinajstić information content (AvgIpc) is 2.19. The third kappa shape index (κ3) is 5.50. The van der Waals surface area contributed by atoms with Crippen LogP contribution in [0, 0.1) is 0 Å². The molecule has 0 aliphatic heterocycles. The molecule has 1 aromatic carbocycles. The van der Waals surface area contributed by atoms with E-state index in [1.807, 2.05) is 29.2 Å². The van der Waals surface area contributed by atoms with Gasteiger partial charge in [0.05, 0.1) is 12.2 Å². The summed E-state index contributed by atoms with van der Waals surface area (Å²) >= 11 is 6.09. The van der Waals surface area contributed by atoms with Crippen LogP contribution in [0.2, 0.25) is 5.02 Å². The Morgan fingerprint density at radius 2 is 1.65 bits per heavy atom. The molecule has 17 heavy (non-hydrogen) atoms. The zero-order valence-corrected chi connectivity index (χ0v) is 11.1. The fourth-order valence-corrected chi connectivity index (χ4v) is 2.01. The van der Waals surface area contributed by atoms with Crippen molar-refractivity contribution >= 4 is 11.6 Å². The van der Waals surface area contributed by atoms with Gasteiger partial charge in [0, 0.05) is 24.7 Å². The third-order valence-electron chi connectivity index (χ3n) is 2.40. The minimum Gasteiger partial charge on any atom is -0.392 e. The van der Waals surface area contributed by atoms with E-state index in [1.165, 1.54) is 0 Å². The molecule has 0 saturated carbocycles. The van der Waals surface area contributed by atoms with Crippen LogP contribution in [0.25, 0.3) is 0 Å². The summed E-state index contributed by atoms with van der Waals surface area (Å²) in [6.07, 6.45) is -0.840. The first kappa shape index (κ1) is 14.5. The van der Waals surface area contributed by atoms with Crippen molar-refractivity contribution in [2.75, 3.05) is 13.1 Å². The molecule has 4 heteroatoms. The third-order valence-corrected chi connectivity index (χ3v) is 2.77. The van der Waals surface area contributed by atoms with E-state index in [-0.39, 0.29) is 0 Å². The topological polar surface area (TPSA) is 43.7 Å². The molecule has 0 amide bonds. The van der Waals surface area contributed by atoms with E-state index in [4.69, 9.17) is 11.6 Å². The number of aliphatic hydroxyl groups excluding tert-OH is 2. The van der Waals surface area contributed by atoms with E-state index in [1.54, 1.807) is 13.8 Å². The molecule has 0 aliphatic carbocycles. The molecule has 1 aromatic rings. The number of hydrogen-bond acceptors (Lipinski definition) is 3. The molecule has 96 valence electrons. The van der Waals surface area contributed by atoms with Crippen molar-refractivity contribution in [1.82, 2.24) is 4.90 Å². The van der Waals surface area contributed by atoms with Crippen molar-refractivity contribution in [2.45, 2.75) is 32.6 Å². The molecule has 3 nitrogen and oxygen atoms in total. The van der Waals surface area contributed by atoms with Crippen LogP contribution in [-0.4, -0.2) is 40.4 Å². The summed E-state index contributed by atoms with van der Waals surface area (Å²) in [5.74, 6) is 0. The Morgan fingerprint density at radius 3 is 2.12 bits per heavy atom. The summed E-state index contributed by atoms with van der Waals surface area (Å²) in [7, 11) is 0. The van der Waals surface area contributed by atoms with E-state index in [9.17, 15) is 10.2 Å². The molecule has 2 atom stereocenters. The summed E-state index contributed by atoms with van der Waals surface area (Å²) in [4.78, 5) is 2.00. The molecule has 0 unspecified atom stereocenters. The first-order chi connectivity index (χ1) is 7.99. The molecular formula is C13H20ClNO2. The normalized spacial score (nSPS) is 14.9. The number of nitrogens with zero attached hydrogens (tertiary/aromatic N) is 1. The van der Waals surface area contributed by atoms with Crippen LogP contribution < -0.4 is 0 Å². The maximum Gasteiger partial charge on any atom is 0.0639 e. The highest BCUT2D eigenvalue weighted by molar-refractivity contribution is 6.31. The molecule has 0 saturated heterocycles. The van der Waals surface area contributed by atoms with Crippen molar-refractivity contribution < 1.29 is 10.2 Å². The van der Waals surface area contributed by atoms with Crippen molar-refractivity contribution in [3.05, 3.63) is 34.9 Å². The van der Waals surface area contributed by atoms with Crippen molar-refractivity contribution in [3.8, 4) is 0 Å². The lowest BCUT2D eigenvalue weighted by Crippen LogP contribution is -2.35. The summed E-state index contributed by atoms with van der Waals surface area (Å²) < 4.78 is 0. The van der Waals surface area contributed by atoms with Gasteiger partial charge in [-0.1, -0.05) is 29.8 Å². The number of aliphatic hydroxyl groups is 2. The summed E-state index contributed by atoms with van der Waals surface area (Å²) in [6.45, 7) is 5.16. The van der Waals surface area contributed by atoms with Gasteiger partial charge in [0.25, 0.3) is 0 Å². The molecular weight excluding hydrogens is 238 g/mol. The SMILES string of the molecule is C[C@@H](O)CN(Cc1ccccc1Cl)C[C@@H](C)O. The van der Waals surface area contributed by atoms with Gasteiger partial charge in [0.2, 0.25) is 0 Å². The van der Waals surface area contributed by atoms with Crippen LogP contribution >= 0.6 is 11.6 Å². The Balaban J connectivity index is 2.68. The van der Waals surface area contributed by atoms with Crippen LogP contribution in [0.3, 0.4) is 0 Å². The number of benzene rings is 1. The molecule has 0 spiro atoms. The van der Waals surface area contributed by atoms with Crippen molar-refractivity contribution in [3.63, 3.8) is 0 Å². The molecule has 0 radical (unpaired) electrons. The molecule has 0 aromatic heterocycles. The first-order valence-electron chi connectivity index (χ1n) is 5.81. The average molecular weight is 258 g/mol. The zero-order chi connectivity index (χ0) is 12.8. The van der Waals surface area contributed by atoms with Crippen LogP contribution in [0.15, 0.2) is 24.3 Å². The predicted molar refractivity (Wildman–Crippen MR) is 70.1 cm³/mol. The lowest BCUT2D eigenvalue weighted by molar-refractivity contribution is 0.0794. The maximum absolute atomic E-state index is 9.43. The lowest BCUT2D eigenvalue weighted by atomic mass is 10.2. The Bertz CT molecular complexity index is 332. The lowest BCUT2D eigenvalue weighted by Gasteiger charge is -2.25. The van der Waals surface area contributed by atoms with E-state index in [0.29, 0.717) is 24.7 Å². The molecule has 0 fully saturated rings. The standard InChI is InChI=1S/C13H20ClNO2/c1-10(16)7-15(8-11(2)17)9-12-5-3-4-6-13(12)14/h3-6,10-11,16-17H,7-9H2,1-2H3/t10-,11-/m1/s1. The fraction of sp³-hybridized carbons (Fsp3) is 0.538. The van der Waals surface area contributed by atoms with Gasteiger partial charge in [-0.05, 0) is 25.5 Å². The van der Waals surface area contributed by atoms with Gasteiger partial charge in [-0.25, -0.2) is 0 Å². The monoisotopic (exact) mass is 257 g/mol. The van der Waals surface area contributed by atoms with E-state index in [0.717, 1.165) is 5.56 Å². The Morgan fingerprint density at radius 1 is 1.12 bits per heavy atom. The highest BCUT2D eigenvalue weighted by Gasteiger charge is 2.12. The number of halogens is 1. The Labute approximate surface area is 108 Å². The maximum atomic E-state index is 9.43. The summed E-state index contributed by atoms with van der Waals surface area (Å²) in [6, 6.07) is 7.63. The molecule has 0 aliphatic rings. The molecule has 0 heterocycles. The van der Waals surface area contributed by atoms with E-state index >= 15 is 0 Å². The minimum absolute atomic E-state index is 0.420. The summed E-state index contributed by atoms with van der Waals surface area (Å²) in [5.41, 5.74) is 1.01. The molecule has 0 bridgehead atoms. The quantitative estimate of drug-likeness (QED) is 0.818. The highest BCUT2D eigenvalue weighted by Crippen LogP contribution is 2.17. The van der Waals surface area contributed by atoms with Crippen LogP contribution in [0.5, 0.6) is 0 Å². The van der Waals surface area contributed by atoms with Gasteiger partial charge < -0.3 is 10.2 Å². The summed E-state index contributed by atoms with van der Waals surface area (Å²) in [5, 5.41) is 19.6. The zero-order valence-electron chi connectivity index (χ0n) is 10.3. The number of rotatable bonds is 6. The van der Waals surface area contributed by atoms with Gasteiger partial charge in [-0.2, -0.15) is 0 Å². The van der Waals surface area contributed by atoms with Crippen LogP contribution in [0.1, 0.15) is 19.4 Å². The van der Waals surface area contributed by atoms with Gasteiger partial charge in [0.1, 0.15) is 0 Å². The second-order valence-electron chi connectivity index (χ2n) is 4.48. The molecule has 1 rings (SSSR count). The highest BCUT2D eigenvalue weighted by atomic mass is 35.5. The van der Waals surface area contributed by atoms with Crippen molar-refractivity contribution in [1.29, 1.82) is 0 Å². The van der Waals surface area contributed by atoms with E-state index in [2.05, 4.69) is 0 Å².